The first-order valence-corrected chi connectivity index (χ1v) is 12.0. The Morgan fingerprint density at radius 2 is 1.97 bits per heavy atom. The number of hydrogen-bond donors (Lipinski definition) is 2. The number of aryl methyl sites for hydroxylation is 1. The summed E-state index contributed by atoms with van der Waals surface area (Å²) >= 11 is 0. The molecule has 1 aromatic heterocycles. The van der Waals surface area contributed by atoms with Gasteiger partial charge in [-0.3, -0.25) is 19.6 Å². The molecule has 184 valence electrons. The minimum Gasteiger partial charge on any atom is -0.444 e. The third-order valence-corrected chi connectivity index (χ3v) is 6.84. The lowest BCUT2D eigenvalue weighted by molar-refractivity contribution is -0.137. The zero-order valence-corrected chi connectivity index (χ0v) is 20.7. The van der Waals surface area contributed by atoms with Crippen LogP contribution in [0.1, 0.15) is 59.1 Å². The second kappa shape index (κ2) is 8.92. The normalized spacial score (nSPS) is 22.1. The maximum absolute atomic E-state index is 12.7. The largest absolute Gasteiger partial charge is 0.444 e. The summed E-state index contributed by atoms with van der Waals surface area (Å²) in [6.07, 6.45) is 2.32. The Bertz CT molecular complexity index is 1110. The maximum atomic E-state index is 12.7. The molecule has 34 heavy (non-hydrogen) atoms. The summed E-state index contributed by atoms with van der Waals surface area (Å²) in [6, 6.07) is 5.98. The molecule has 1 aromatic carbocycles. The number of carbonyl (C=O) groups excluding carboxylic acids is 3. The molecule has 9 heteroatoms. The Kier molecular flexibility index (Phi) is 6.31. The van der Waals surface area contributed by atoms with Crippen molar-refractivity contribution in [3.63, 3.8) is 0 Å². The number of aromatic nitrogens is 2. The van der Waals surface area contributed by atoms with Crippen LogP contribution < -0.4 is 10.6 Å². The van der Waals surface area contributed by atoms with E-state index in [4.69, 9.17) is 9.84 Å². The van der Waals surface area contributed by atoms with Crippen molar-refractivity contribution < 1.29 is 19.1 Å². The number of likely N-dealkylation sites (tertiary alicyclic amines) is 1. The fraction of sp³-hybridized carbons (Fsp3) is 0.600. The summed E-state index contributed by atoms with van der Waals surface area (Å²) in [5, 5.41) is 11.7. The second-order valence-electron chi connectivity index (χ2n) is 10.7. The molecule has 3 heterocycles. The summed E-state index contributed by atoms with van der Waals surface area (Å²) in [5.41, 5.74) is 1.27. The van der Waals surface area contributed by atoms with E-state index < -0.39 is 11.0 Å². The van der Waals surface area contributed by atoms with Gasteiger partial charge in [0.05, 0.1) is 22.3 Å². The van der Waals surface area contributed by atoms with Crippen molar-refractivity contribution in [3.05, 3.63) is 23.9 Å². The van der Waals surface area contributed by atoms with Crippen molar-refractivity contribution in [2.45, 2.75) is 64.4 Å². The second-order valence-corrected chi connectivity index (χ2v) is 10.7. The van der Waals surface area contributed by atoms with Gasteiger partial charge in [0.25, 0.3) is 0 Å². The van der Waals surface area contributed by atoms with Gasteiger partial charge in [0.1, 0.15) is 5.60 Å². The zero-order chi connectivity index (χ0) is 24.7. The number of fused-ring (bicyclic) bond motifs is 1. The molecule has 2 aliphatic rings. The van der Waals surface area contributed by atoms with Gasteiger partial charge in [-0.2, -0.15) is 5.10 Å². The Labute approximate surface area is 200 Å². The Morgan fingerprint density at radius 1 is 1.26 bits per heavy atom. The smallest absolute Gasteiger partial charge is 0.410 e. The SMILES string of the molecule is Cn1nc(C2(C)CCC(=O)NC2=O)c2cccc(NCC3CCN(C(=O)OC(C)(C)C)CC3)c21. The van der Waals surface area contributed by atoms with Crippen LogP contribution in [-0.2, 0) is 26.8 Å². The molecule has 0 saturated carbocycles. The molecule has 2 saturated heterocycles. The van der Waals surface area contributed by atoms with Crippen molar-refractivity contribution in [2.75, 3.05) is 25.0 Å². The minimum absolute atomic E-state index is 0.234. The highest BCUT2D eigenvalue weighted by atomic mass is 16.6. The number of nitrogens with one attached hydrogen (secondary N) is 2. The summed E-state index contributed by atoms with van der Waals surface area (Å²) in [5.74, 6) is -0.0871. The van der Waals surface area contributed by atoms with Crippen LogP contribution in [0.4, 0.5) is 10.5 Å². The van der Waals surface area contributed by atoms with Crippen LogP contribution >= 0.6 is 0 Å². The number of para-hydroxylation sites is 1. The number of ether oxygens (including phenoxy) is 1. The number of imide groups is 1. The average molecular weight is 470 g/mol. The zero-order valence-electron chi connectivity index (χ0n) is 20.7. The number of benzene rings is 1. The lowest BCUT2D eigenvalue weighted by Crippen LogP contribution is -2.50. The molecule has 2 aromatic rings. The van der Waals surface area contributed by atoms with Crippen molar-refractivity contribution >= 4 is 34.5 Å². The first kappa shape index (κ1) is 24.0. The van der Waals surface area contributed by atoms with Gasteiger partial charge < -0.3 is 15.0 Å². The lowest BCUT2D eigenvalue weighted by Gasteiger charge is -2.33. The number of nitrogens with zero attached hydrogens (tertiary/aromatic N) is 3. The molecule has 2 fully saturated rings. The van der Waals surface area contributed by atoms with Crippen molar-refractivity contribution in [2.24, 2.45) is 13.0 Å². The highest BCUT2D eigenvalue weighted by Gasteiger charge is 2.43. The van der Waals surface area contributed by atoms with Crippen molar-refractivity contribution in [1.29, 1.82) is 0 Å². The van der Waals surface area contributed by atoms with Gasteiger partial charge in [0.2, 0.25) is 11.8 Å². The van der Waals surface area contributed by atoms with Crippen LogP contribution in [0.25, 0.3) is 10.9 Å². The van der Waals surface area contributed by atoms with Gasteiger partial charge in [-0.25, -0.2) is 4.79 Å². The first-order chi connectivity index (χ1) is 16.0. The van der Waals surface area contributed by atoms with Crippen LogP contribution in [0.5, 0.6) is 0 Å². The van der Waals surface area contributed by atoms with E-state index in [9.17, 15) is 14.4 Å². The third kappa shape index (κ3) is 4.74. The molecule has 2 aliphatic heterocycles. The highest BCUT2D eigenvalue weighted by molar-refractivity contribution is 6.05. The van der Waals surface area contributed by atoms with E-state index in [2.05, 4.69) is 10.6 Å². The van der Waals surface area contributed by atoms with Gasteiger partial charge in [-0.1, -0.05) is 12.1 Å². The monoisotopic (exact) mass is 469 g/mol. The molecule has 0 aliphatic carbocycles. The van der Waals surface area contributed by atoms with E-state index in [0.717, 1.165) is 36.0 Å². The molecule has 0 bridgehead atoms. The Hall–Kier alpha value is -3.10. The van der Waals surface area contributed by atoms with Crippen LogP contribution in [0.15, 0.2) is 18.2 Å². The van der Waals surface area contributed by atoms with E-state index in [-0.39, 0.29) is 17.9 Å². The first-order valence-electron chi connectivity index (χ1n) is 12.0. The van der Waals surface area contributed by atoms with E-state index in [1.807, 2.05) is 57.6 Å². The van der Waals surface area contributed by atoms with E-state index in [0.29, 0.717) is 37.5 Å². The highest BCUT2D eigenvalue weighted by Crippen LogP contribution is 2.37. The molecule has 1 unspecified atom stereocenters. The minimum atomic E-state index is -0.847. The van der Waals surface area contributed by atoms with Gasteiger partial charge >= 0.3 is 6.09 Å². The molecular formula is C25H35N5O4. The Balaban J connectivity index is 1.45. The molecule has 4 rings (SSSR count). The van der Waals surface area contributed by atoms with Gasteiger partial charge in [0.15, 0.2) is 0 Å². The standard InChI is InChI=1S/C25H35N5O4/c1-24(2,3)34-23(33)30-13-10-16(11-14-30)15-26-18-8-6-7-17-20(18)29(5)28-21(17)25(4)12-9-19(31)27-22(25)32/h6-8,16,26H,9-15H2,1-5H3,(H,27,31,32). The molecule has 9 nitrogen and oxygen atoms in total. The number of anilines is 1. The lowest BCUT2D eigenvalue weighted by atomic mass is 9.77. The molecule has 0 spiro atoms. The number of piperidine rings is 2. The van der Waals surface area contributed by atoms with Crippen LogP contribution in [0.3, 0.4) is 0 Å². The molecular weight excluding hydrogens is 434 g/mol. The third-order valence-electron chi connectivity index (χ3n) is 6.84. The fourth-order valence-corrected chi connectivity index (χ4v) is 4.82. The molecule has 2 N–H and O–H groups in total. The predicted octanol–water partition coefficient (Wildman–Crippen LogP) is 3.33. The Morgan fingerprint density at radius 3 is 2.62 bits per heavy atom. The number of rotatable bonds is 4. The predicted molar refractivity (Wildman–Crippen MR) is 129 cm³/mol. The van der Waals surface area contributed by atoms with E-state index in [1.54, 1.807) is 4.90 Å². The molecule has 1 atom stereocenters. The number of amides is 3. The summed E-state index contributed by atoms with van der Waals surface area (Å²) in [7, 11) is 1.88. The summed E-state index contributed by atoms with van der Waals surface area (Å²) in [4.78, 5) is 38.5. The number of carbonyl (C=O) groups is 3. The summed E-state index contributed by atoms with van der Waals surface area (Å²) < 4.78 is 7.30. The van der Waals surface area contributed by atoms with Crippen LogP contribution in [-0.4, -0.2) is 57.8 Å². The van der Waals surface area contributed by atoms with Gasteiger partial charge in [-0.15, -0.1) is 0 Å². The van der Waals surface area contributed by atoms with E-state index in [1.165, 1.54) is 0 Å². The van der Waals surface area contributed by atoms with Gasteiger partial charge in [-0.05, 0) is 58.9 Å². The summed E-state index contributed by atoms with van der Waals surface area (Å²) in [6.45, 7) is 9.66. The number of hydrogen-bond acceptors (Lipinski definition) is 6. The maximum Gasteiger partial charge on any atom is 0.410 e. The average Bonchev–Trinajstić information content (AvgIpc) is 3.12. The van der Waals surface area contributed by atoms with Crippen molar-refractivity contribution in [1.82, 2.24) is 20.0 Å². The fourth-order valence-electron chi connectivity index (χ4n) is 4.82. The van der Waals surface area contributed by atoms with Crippen LogP contribution in [0, 0.1) is 5.92 Å². The molecule has 0 radical (unpaired) electrons. The van der Waals surface area contributed by atoms with E-state index >= 15 is 0 Å². The quantitative estimate of drug-likeness (QED) is 0.666. The molecule has 3 amide bonds. The van der Waals surface area contributed by atoms with Crippen LogP contribution in [0.2, 0.25) is 0 Å². The van der Waals surface area contributed by atoms with Crippen molar-refractivity contribution in [3.8, 4) is 0 Å². The topological polar surface area (TPSA) is 106 Å². The van der Waals surface area contributed by atoms with Gasteiger partial charge in [0, 0.05) is 38.5 Å².